The molecular weight excluding hydrogens is 368 g/mol. The molecular formula is C19H17ClN4O3. The summed E-state index contributed by atoms with van der Waals surface area (Å²) in [6.45, 7) is 2.03. The Kier molecular flexibility index (Phi) is 4.45. The van der Waals surface area contributed by atoms with Crippen molar-refractivity contribution in [2.24, 2.45) is 0 Å². The molecule has 1 aliphatic rings. The fourth-order valence-electron chi connectivity index (χ4n) is 3.11. The Balaban J connectivity index is 1.69. The lowest BCUT2D eigenvalue weighted by molar-refractivity contribution is -0.122. The van der Waals surface area contributed by atoms with Crippen LogP contribution in [0.25, 0.3) is 11.1 Å². The van der Waals surface area contributed by atoms with Crippen LogP contribution in [0.5, 0.6) is 0 Å². The normalized spacial score (nSPS) is 17.4. The van der Waals surface area contributed by atoms with Crippen LogP contribution in [0.3, 0.4) is 0 Å². The smallest absolute Gasteiger partial charge is 0.315 e. The van der Waals surface area contributed by atoms with Crippen molar-refractivity contribution in [2.75, 3.05) is 6.54 Å². The van der Waals surface area contributed by atoms with Crippen molar-refractivity contribution in [2.45, 2.75) is 19.0 Å². The lowest BCUT2D eigenvalue weighted by atomic mass is 9.98. The third kappa shape index (κ3) is 3.59. The minimum absolute atomic E-state index is 0.248. The van der Waals surface area contributed by atoms with E-state index in [0.29, 0.717) is 16.5 Å². The maximum Gasteiger partial charge on any atom is 0.315 e. The fraction of sp³-hybridized carbons (Fsp3) is 0.211. The zero-order chi connectivity index (χ0) is 19.0. The Bertz CT molecular complexity index is 1020. The van der Waals surface area contributed by atoms with Gasteiger partial charge < -0.3 is 20.4 Å². The lowest BCUT2D eigenvalue weighted by Crippen LogP contribution is -2.44. The number of fused-ring (bicyclic) bond motifs is 1. The topological polar surface area (TPSA) is 96.3 Å². The van der Waals surface area contributed by atoms with E-state index in [-0.39, 0.29) is 18.5 Å². The van der Waals surface area contributed by atoms with E-state index in [0.717, 1.165) is 16.6 Å². The Morgan fingerprint density at radius 1 is 1.26 bits per heavy atom. The number of hydrogen-bond donors (Lipinski definition) is 3. The number of nitrogens with one attached hydrogen (secondary N) is 3. The van der Waals surface area contributed by atoms with Crippen LogP contribution in [0.2, 0.25) is 5.02 Å². The first-order chi connectivity index (χ1) is 13.0. The molecule has 2 heterocycles. The third-order valence-corrected chi connectivity index (χ3v) is 4.68. The van der Waals surface area contributed by atoms with Gasteiger partial charge in [-0.05, 0) is 35.4 Å². The Hall–Kier alpha value is -3.06. The monoisotopic (exact) mass is 384 g/mol. The summed E-state index contributed by atoms with van der Waals surface area (Å²) < 4.78 is 5.62. The van der Waals surface area contributed by atoms with E-state index in [4.69, 9.17) is 16.0 Å². The third-order valence-electron chi connectivity index (χ3n) is 4.43. The van der Waals surface area contributed by atoms with Crippen molar-refractivity contribution in [3.63, 3.8) is 0 Å². The molecule has 3 N–H and O–H groups in total. The number of amides is 3. The van der Waals surface area contributed by atoms with Crippen LogP contribution >= 0.6 is 11.6 Å². The molecule has 0 spiro atoms. The highest BCUT2D eigenvalue weighted by molar-refractivity contribution is 6.30. The van der Waals surface area contributed by atoms with Gasteiger partial charge in [0.15, 0.2) is 11.5 Å². The van der Waals surface area contributed by atoms with E-state index < -0.39 is 12.1 Å². The van der Waals surface area contributed by atoms with Gasteiger partial charge in [0.1, 0.15) is 11.6 Å². The van der Waals surface area contributed by atoms with E-state index >= 15 is 0 Å². The van der Waals surface area contributed by atoms with Crippen LogP contribution in [-0.2, 0) is 4.79 Å². The molecule has 1 aliphatic heterocycles. The van der Waals surface area contributed by atoms with Gasteiger partial charge >= 0.3 is 6.03 Å². The van der Waals surface area contributed by atoms with E-state index in [1.165, 1.54) is 0 Å². The molecule has 0 radical (unpaired) electrons. The largest absolute Gasteiger partial charge is 0.441 e. The van der Waals surface area contributed by atoms with Crippen molar-refractivity contribution in [3.05, 3.63) is 64.5 Å². The standard InChI is InChI=1S/C19H17ClN4O3/c1-10-22-14-7-4-12(8-16(14)27-10)17(11-2-5-13(20)6-3-11)24-18(25)15-9-21-19(26)23-15/h2-8,15,17H,9H2,1H3,(H,24,25)(H2,21,23,26)/t15-,17?/m0/s1. The molecule has 2 aromatic carbocycles. The number of aryl methyl sites for hydroxylation is 1. The van der Waals surface area contributed by atoms with Gasteiger partial charge in [0.25, 0.3) is 0 Å². The Labute approximate surface area is 160 Å². The number of aromatic nitrogens is 1. The summed E-state index contributed by atoms with van der Waals surface area (Å²) in [4.78, 5) is 28.3. The molecule has 4 rings (SSSR count). The first-order valence-corrected chi connectivity index (χ1v) is 8.85. The number of carbonyl (C=O) groups is 2. The van der Waals surface area contributed by atoms with E-state index in [2.05, 4.69) is 20.9 Å². The lowest BCUT2D eigenvalue weighted by Gasteiger charge is -2.21. The number of oxazole rings is 1. The minimum Gasteiger partial charge on any atom is -0.441 e. The zero-order valence-corrected chi connectivity index (χ0v) is 15.2. The maximum atomic E-state index is 12.7. The molecule has 3 aromatic rings. The summed E-state index contributed by atoms with van der Waals surface area (Å²) in [7, 11) is 0. The van der Waals surface area contributed by atoms with Gasteiger partial charge in [-0.15, -0.1) is 0 Å². The summed E-state index contributed by atoms with van der Waals surface area (Å²) >= 11 is 6.00. The zero-order valence-electron chi connectivity index (χ0n) is 14.5. The average Bonchev–Trinajstić information content (AvgIpc) is 3.24. The number of hydrogen-bond acceptors (Lipinski definition) is 4. The number of rotatable bonds is 4. The summed E-state index contributed by atoms with van der Waals surface area (Å²) in [5.74, 6) is 0.302. The first kappa shape index (κ1) is 17.4. The maximum absolute atomic E-state index is 12.7. The number of nitrogens with zero attached hydrogens (tertiary/aromatic N) is 1. The van der Waals surface area contributed by atoms with Gasteiger partial charge in [-0.2, -0.15) is 0 Å². The molecule has 27 heavy (non-hydrogen) atoms. The van der Waals surface area contributed by atoms with Gasteiger partial charge in [0.05, 0.1) is 6.04 Å². The number of urea groups is 1. The predicted octanol–water partition coefficient (Wildman–Crippen LogP) is 2.68. The highest BCUT2D eigenvalue weighted by Gasteiger charge is 2.29. The van der Waals surface area contributed by atoms with Crippen molar-refractivity contribution < 1.29 is 14.0 Å². The molecule has 1 unspecified atom stereocenters. The summed E-state index contributed by atoms with van der Waals surface area (Å²) in [6, 6.07) is 11.5. The SMILES string of the molecule is Cc1nc2ccc(C(NC(=O)[C@@H]3CNC(=O)N3)c3ccc(Cl)cc3)cc2o1. The Morgan fingerprint density at radius 2 is 2.00 bits per heavy atom. The highest BCUT2D eigenvalue weighted by Crippen LogP contribution is 2.27. The molecule has 1 saturated heterocycles. The second-order valence-electron chi connectivity index (χ2n) is 6.36. The van der Waals surface area contributed by atoms with Crippen molar-refractivity contribution >= 4 is 34.6 Å². The molecule has 0 saturated carbocycles. The van der Waals surface area contributed by atoms with Crippen molar-refractivity contribution in [1.82, 2.24) is 20.9 Å². The number of benzene rings is 2. The minimum atomic E-state index is -0.622. The van der Waals surface area contributed by atoms with Crippen LogP contribution in [0.1, 0.15) is 23.1 Å². The van der Waals surface area contributed by atoms with Crippen LogP contribution in [0.4, 0.5) is 4.79 Å². The van der Waals surface area contributed by atoms with E-state index in [1.54, 1.807) is 19.1 Å². The van der Waals surface area contributed by atoms with Gasteiger partial charge in [0.2, 0.25) is 5.91 Å². The van der Waals surface area contributed by atoms with E-state index in [1.807, 2.05) is 30.3 Å². The van der Waals surface area contributed by atoms with Gasteiger partial charge in [-0.3, -0.25) is 4.79 Å². The van der Waals surface area contributed by atoms with Gasteiger partial charge in [0, 0.05) is 18.5 Å². The molecule has 8 heteroatoms. The summed E-state index contributed by atoms with van der Waals surface area (Å²) in [5, 5.41) is 8.79. The quantitative estimate of drug-likeness (QED) is 0.644. The van der Waals surface area contributed by atoms with Gasteiger partial charge in [-0.1, -0.05) is 29.8 Å². The van der Waals surface area contributed by atoms with Crippen LogP contribution < -0.4 is 16.0 Å². The molecule has 1 fully saturated rings. The van der Waals surface area contributed by atoms with Crippen molar-refractivity contribution in [3.8, 4) is 0 Å². The van der Waals surface area contributed by atoms with E-state index in [9.17, 15) is 9.59 Å². The molecule has 0 bridgehead atoms. The summed E-state index contributed by atoms with van der Waals surface area (Å²) in [6.07, 6.45) is 0. The molecule has 2 atom stereocenters. The molecule has 138 valence electrons. The number of halogens is 1. The van der Waals surface area contributed by atoms with Crippen molar-refractivity contribution in [1.29, 1.82) is 0 Å². The average molecular weight is 385 g/mol. The fourth-order valence-corrected chi connectivity index (χ4v) is 3.23. The second-order valence-corrected chi connectivity index (χ2v) is 6.80. The molecule has 3 amide bonds. The molecule has 1 aromatic heterocycles. The molecule has 0 aliphatic carbocycles. The van der Waals surface area contributed by atoms with Crippen LogP contribution in [0, 0.1) is 6.92 Å². The Morgan fingerprint density at radius 3 is 2.70 bits per heavy atom. The summed E-state index contributed by atoms with van der Waals surface area (Å²) in [5.41, 5.74) is 3.10. The number of carbonyl (C=O) groups excluding carboxylic acids is 2. The second kappa shape index (κ2) is 6.92. The predicted molar refractivity (Wildman–Crippen MR) is 101 cm³/mol. The highest BCUT2D eigenvalue weighted by atomic mass is 35.5. The van der Waals surface area contributed by atoms with Gasteiger partial charge in [-0.25, -0.2) is 9.78 Å². The first-order valence-electron chi connectivity index (χ1n) is 8.47. The molecule has 7 nitrogen and oxygen atoms in total. The van der Waals surface area contributed by atoms with Crippen LogP contribution in [-0.4, -0.2) is 29.5 Å². The van der Waals surface area contributed by atoms with Crippen LogP contribution in [0.15, 0.2) is 46.9 Å².